The van der Waals surface area contributed by atoms with Gasteiger partial charge in [-0.25, -0.2) is 0 Å². The van der Waals surface area contributed by atoms with Crippen molar-refractivity contribution in [1.29, 1.82) is 0 Å². The van der Waals surface area contributed by atoms with Gasteiger partial charge in [-0.15, -0.1) is 0 Å². The van der Waals surface area contributed by atoms with Gasteiger partial charge >= 0.3 is 0 Å². The van der Waals surface area contributed by atoms with Gasteiger partial charge in [-0.2, -0.15) is 5.10 Å². The van der Waals surface area contributed by atoms with Crippen molar-refractivity contribution in [1.82, 2.24) is 14.8 Å². The summed E-state index contributed by atoms with van der Waals surface area (Å²) in [5.41, 5.74) is 0. The number of aryl methyl sites for hydroxylation is 1. The molecule has 0 saturated heterocycles. The molecule has 0 aliphatic heterocycles. The number of hydrogen-bond acceptors (Lipinski definition) is 2. The fourth-order valence-corrected chi connectivity index (χ4v) is 3.30. The van der Waals surface area contributed by atoms with Gasteiger partial charge in [0.25, 0.3) is 0 Å². The Bertz CT molecular complexity index is 401. The van der Waals surface area contributed by atoms with Crippen molar-refractivity contribution in [3.05, 3.63) is 10.6 Å². The molecule has 4 heteroatoms. The van der Waals surface area contributed by atoms with Gasteiger partial charge < -0.3 is 4.57 Å². The van der Waals surface area contributed by atoms with E-state index in [1.165, 1.54) is 32.1 Å². The first-order valence-electron chi connectivity index (χ1n) is 6.89. The zero-order valence-corrected chi connectivity index (χ0v) is 11.7. The number of nitrogens with one attached hydrogen (secondary N) is 1. The van der Waals surface area contributed by atoms with Crippen LogP contribution in [0.3, 0.4) is 0 Å². The van der Waals surface area contributed by atoms with Crippen LogP contribution < -0.4 is 0 Å². The zero-order chi connectivity index (χ0) is 12.3. The fraction of sp³-hybridized carbons (Fsp3) is 0.846. The molecule has 2 rings (SSSR count). The lowest BCUT2D eigenvalue weighted by Gasteiger charge is -2.29. The first kappa shape index (κ1) is 12.8. The molecule has 1 saturated carbocycles. The average molecular weight is 253 g/mol. The maximum absolute atomic E-state index is 5.38. The normalized spacial score (nSPS) is 19.4. The molecule has 1 aromatic rings. The largest absolute Gasteiger partial charge is 0.301 e. The fourth-order valence-electron chi connectivity index (χ4n) is 2.98. The smallest absolute Gasteiger partial charge is 0.195 e. The van der Waals surface area contributed by atoms with E-state index in [2.05, 4.69) is 28.6 Å². The molecule has 3 nitrogen and oxygen atoms in total. The van der Waals surface area contributed by atoms with Crippen LogP contribution in [0.4, 0.5) is 0 Å². The third-order valence-electron chi connectivity index (χ3n) is 3.99. The van der Waals surface area contributed by atoms with Gasteiger partial charge in [-0.1, -0.05) is 26.2 Å². The summed E-state index contributed by atoms with van der Waals surface area (Å²) >= 11 is 5.38. The number of rotatable bonds is 4. The van der Waals surface area contributed by atoms with Crippen molar-refractivity contribution in [2.45, 2.75) is 64.8 Å². The van der Waals surface area contributed by atoms with Gasteiger partial charge in [0, 0.05) is 12.5 Å². The van der Waals surface area contributed by atoms with Crippen molar-refractivity contribution >= 4 is 12.2 Å². The van der Waals surface area contributed by atoms with Crippen LogP contribution in [0.15, 0.2) is 0 Å². The lowest BCUT2D eigenvalue weighted by atomic mass is 9.84. The van der Waals surface area contributed by atoms with Crippen LogP contribution in [0.1, 0.15) is 64.2 Å². The molecule has 17 heavy (non-hydrogen) atoms. The summed E-state index contributed by atoms with van der Waals surface area (Å²) < 4.78 is 3.06. The Morgan fingerprint density at radius 2 is 2.12 bits per heavy atom. The third-order valence-corrected chi connectivity index (χ3v) is 4.28. The Hall–Kier alpha value is -0.640. The Morgan fingerprint density at radius 3 is 2.76 bits per heavy atom. The summed E-state index contributed by atoms with van der Waals surface area (Å²) in [6.07, 6.45) is 9.00. The van der Waals surface area contributed by atoms with Crippen LogP contribution in [-0.4, -0.2) is 14.8 Å². The molecule has 1 N–H and O–H groups in total. The van der Waals surface area contributed by atoms with Crippen LogP contribution in [0, 0.1) is 10.7 Å². The lowest BCUT2D eigenvalue weighted by molar-refractivity contribution is 0.258. The first-order chi connectivity index (χ1) is 8.24. The Kier molecular flexibility index (Phi) is 4.37. The van der Waals surface area contributed by atoms with Crippen molar-refractivity contribution < 1.29 is 0 Å². The van der Waals surface area contributed by atoms with E-state index < -0.39 is 0 Å². The molecule has 1 atom stereocenters. The number of H-pyrrole nitrogens is 1. The summed E-state index contributed by atoms with van der Waals surface area (Å²) in [5, 5.41) is 7.32. The van der Waals surface area contributed by atoms with Gasteiger partial charge in [-0.3, -0.25) is 5.10 Å². The second-order valence-electron chi connectivity index (χ2n) is 5.20. The van der Waals surface area contributed by atoms with Crippen LogP contribution in [0.25, 0.3) is 0 Å². The van der Waals surface area contributed by atoms with E-state index >= 15 is 0 Å². The quantitative estimate of drug-likeness (QED) is 0.822. The van der Waals surface area contributed by atoms with Gasteiger partial charge in [0.05, 0.1) is 0 Å². The van der Waals surface area contributed by atoms with Crippen molar-refractivity contribution in [3.8, 4) is 0 Å². The van der Waals surface area contributed by atoms with E-state index in [9.17, 15) is 0 Å². The van der Waals surface area contributed by atoms with E-state index in [4.69, 9.17) is 12.2 Å². The molecule has 1 heterocycles. The highest BCUT2D eigenvalue weighted by Crippen LogP contribution is 2.33. The van der Waals surface area contributed by atoms with E-state index in [0.717, 1.165) is 29.4 Å². The number of aromatic nitrogens is 3. The molecular formula is C13H23N3S. The molecule has 96 valence electrons. The first-order valence-corrected chi connectivity index (χ1v) is 7.30. The molecular weight excluding hydrogens is 230 g/mol. The molecule has 1 unspecified atom stereocenters. The van der Waals surface area contributed by atoms with Crippen LogP contribution in [0.2, 0.25) is 0 Å². The summed E-state index contributed by atoms with van der Waals surface area (Å²) in [7, 11) is 0. The number of hydrogen-bond donors (Lipinski definition) is 1. The molecule has 0 amide bonds. The van der Waals surface area contributed by atoms with Gasteiger partial charge in [0.15, 0.2) is 4.77 Å². The SMILES string of the molecule is CCCc1n[nH]c(=S)n1C(C)C1CCCCC1. The van der Waals surface area contributed by atoms with Crippen molar-refractivity contribution in [3.63, 3.8) is 0 Å². The van der Waals surface area contributed by atoms with Gasteiger partial charge in [-0.05, 0) is 44.3 Å². The number of aromatic amines is 1. The minimum atomic E-state index is 0.503. The highest BCUT2D eigenvalue weighted by Gasteiger charge is 2.23. The van der Waals surface area contributed by atoms with E-state index in [-0.39, 0.29) is 0 Å². The standard InChI is InChI=1S/C13H23N3S/c1-3-7-12-14-15-13(17)16(12)10(2)11-8-5-4-6-9-11/h10-11H,3-9H2,1-2H3,(H,15,17). The van der Waals surface area contributed by atoms with Crippen LogP contribution >= 0.6 is 12.2 Å². The van der Waals surface area contributed by atoms with Crippen molar-refractivity contribution in [2.24, 2.45) is 5.92 Å². The average Bonchev–Trinajstić information content (AvgIpc) is 2.71. The monoisotopic (exact) mass is 253 g/mol. The van der Waals surface area contributed by atoms with Crippen LogP contribution in [0.5, 0.6) is 0 Å². The van der Waals surface area contributed by atoms with Gasteiger partial charge in [0.2, 0.25) is 0 Å². The highest BCUT2D eigenvalue weighted by molar-refractivity contribution is 7.71. The number of nitrogens with zero attached hydrogens (tertiary/aromatic N) is 2. The van der Waals surface area contributed by atoms with Crippen molar-refractivity contribution in [2.75, 3.05) is 0 Å². The van der Waals surface area contributed by atoms with E-state index in [0.29, 0.717) is 6.04 Å². The Balaban J connectivity index is 2.19. The zero-order valence-electron chi connectivity index (χ0n) is 10.9. The summed E-state index contributed by atoms with van der Waals surface area (Å²) in [5.74, 6) is 1.92. The molecule has 1 aliphatic rings. The molecule has 0 aromatic carbocycles. The molecule has 1 fully saturated rings. The molecule has 1 aromatic heterocycles. The summed E-state index contributed by atoms with van der Waals surface area (Å²) in [4.78, 5) is 0. The molecule has 1 aliphatic carbocycles. The van der Waals surface area contributed by atoms with E-state index in [1.54, 1.807) is 0 Å². The summed E-state index contributed by atoms with van der Waals surface area (Å²) in [6.45, 7) is 4.49. The minimum absolute atomic E-state index is 0.503. The minimum Gasteiger partial charge on any atom is -0.301 e. The maximum atomic E-state index is 5.38. The van der Waals surface area contributed by atoms with Gasteiger partial charge in [0.1, 0.15) is 5.82 Å². The predicted octanol–water partition coefficient (Wildman–Crippen LogP) is 4.03. The van der Waals surface area contributed by atoms with Crippen LogP contribution in [-0.2, 0) is 6.42 Å². The maximum Gasteiger partial charge on any atom is 0.195 e. The molecule has 0 spiro atoms. The second kappa shape index (κ2) is 5.80. The van der Waals surface area contributed by atoms with E-state index in [1.807, 2.05) is 0 Å². The third kappa shape index (κ3) is 2.79. The highest BCUT2D eigenvalue weighted by atomic mass is 32.1. The Labute approximate surface area is 109 Å². The second-order valence-corrected chi connectivity index (χ2v) is 5.59. The Morgan fingerprint density at radius 1 is 1.41 bits per heavy atom. The topological polar surface area (TPSA) is 33.6 Å². The summed E-state index contributed by atoms with van der Waals surface area (Å²) in [6, 6.07) is 0.503. The lowest BCUT2D eigenvalue weighted by Crippen LogP contribution is -2.21. The molecule has 0 bridgehead atoms. The predicted molar refractivity (Wildman–Crippen MR) is 72.7 cm³/mol. The molecule has 0 radical (unpaired) electrons.